The lowest BCUT2D eigenvalue weighted by molar-refractivity contribution is 0.522. The van der Waals surface area contributed by atoms with Crippen LogP contribution in [0.5, 0.6) is 0 Å². The highest BCUT2D eigenvalue weighted by Crippen LogP contribution is 2.16. The first-order chi connectivity index (χ1) is 8.76. The summed E-state index contributed by atoms with van der Waals surface area (Å²) in [6.45, 7) is 8.67. The first-order valence-electron chi connectivity index (χ1n) is 6.93. The molecule has 0 saturated carbocycles. The number of rotatable bonds is 6. The van der Waals surface area contributed by atoms with Crippen molar-refractivity contribution in [2.24, 2.45) is 0 Å². The zero-order valence-corrected chi connectivity index (χ0v) is 11.6. The van der Waals surface area contributed by atoms with Gasteiger partial charge in [0, 0.05) is 19.0 Å². The molecule has 3 nitrogen and oxygen atoms in total. The van der Waals surface area contributed by atoms with Gasteiger partial charge in [-0.25, -0.2) is 4.98 Å². The number of aromatic nitrogens is 2. The van der Waals surface area contributed by atoms with Gasteiger partial charge in [-0.3, -0.25) is 0 Å². The third kappa shape index (κ3) is 2.72. The lowest BCUT2D eigenvalue weighted by Crippen LogP contribution is -2.29. The van der Waals surface area contributed by atoms with Gasteiger partial charge in [0.1, 0.15) is 5.82 Å². The van der Waals surface area contributed by atoms with Crippen LogP contribution in [0.1, 0.15) is 33.0 Å². The Hall–Kier alpha value is -1.35. The van der Waals surface area contributed by atoms with E-state index < -0.39 is 0 Å². The van der Waals surface area contributed by atoms with Crippen LogP contribution in [-0.4, -0.2) is 22.1 Å². The van der Waals surface area contributed by atoms with E-state index >= 15 is 0 Å². The molecule has 1 aromatic carbocycles. The highest BCUT2D eigenvalue weighted by molar-refractivity contribution is 5.75. The zero-order valence-electron chi connectivity index (χ0n) is 11.6. The Kier molecular flexibility index (Phi) is 4.37. The second kappa shape index (κ2) is 6.01. The van der Waals surface area contributed by atoms with Crippen molar-refractivity contribution in [1.82, 2.24) is 14.9 Å². The highest BCUT2D eigenvalue weighted by Gasteiger charge is 2.11. The molecule has 0 aliphatic carbocycles. The van der Waals surface area contributed by atoms with Gasteiger partial charge in [0.05, 0.1) is 11.0 Å². The van der Waals surface area contributed by atoms with Crippen molar-refractivity contribution in [3.05, 3.63) is 30.1 Å². The van der Waals surface area contributed by atoms with E-state index in [4.69, 9.17) is 4.98 Å². The number of benzene rings is 1. The van der Waals surface area contributed by atoms with Crippen LogP contribution in [0.25, 0.3) is 11.0 Å². The fourth-order valence-corrected chi connectivity index (χ4v) is 2.37. The van der Waals surface area contributed by atoms with Crippen LogP contribution in [0.4, 0.5) is 0 Å². The van der Waals surface area contributed by atoms with Crippen molar-refractivity contribution in [2.75, 3.05) is 6.54 Å². The van der Waals surface area contributed by atoms with Crippen molar-refractivity contribution < 1.29 is 0 Å². The van der Waals surface area contributed by atoms with Gasteiger partial charge in [-0.15, -0.1) is 0 Å². The Morgan fingerprint density at radius 1 is 1.28 bits per heavy atom. The smallest absolute Gasteiger partial charge is 0.111 e. The third-order valence-corrected chi connectivity index (χ3v) is 3.28. The molecule has 0 saturated heterocycles. The fraction of sp³-hybridized carbons (Fsp3) is 0.533. The van der Waals surface area contributed by atoms with Gasteiger partial charge in [-0.1, -0.05) is 19.1 Å². The molecule has 3 heteroatoms. The minimum Gasteiger partial charge on any atom is -0.328 e. The molecule has 0 amide bonds. The number of nitrogens with one attached hydrogen (secondary N) is 1. The molecule has 1 aromatic heterocycles. The maximum absolute atomic E-state index is 4.75. The Balaban J connectivity index is 2.21. The van der Waals surface area contributed by atoms with E-state index in [0.717, 1.165) is 25.0 Å². The molecule has 1 unspecified atom stereocenters. The van der Waals surface area contributed by atoms with Gasteiger partial charge < -0.3 is 9.88 Å². The molecule has 2 aromatic rings. The van der Waals surface area contributed by atoms with Crippen molar-refractivity contribution in [3.8, 4) is 0 Å². The van der Waals surface area contributed by atoms with Gasteiger partial charge >= 0.3 is 0 Å². The molecule has 0 aliphatic rings. The molecule has 0 radical (unpaired) electrons. The van der Waals surface area contributed by atoms with Gasteiger partial charge in [-0.05, 0) is 38.9 Å². The molecular weight excluding hydrogens is 222 g/mol. The third-order valence-electron chi connectivity index (χ3n) is 3.28. The average molecular weight is 245 g/mol. The summed E-state index contributed by atoms with van der Waals surface area (Å²) in [7, 11) is 0. The summed E-state index contributed by atoms with van der Waals surface area (Å²) < 4.78 is 2.32. The molecule has 18 heavy (non-hydrogen) atoms. The van der Waals surface area contributed by atoms with E-state index in [2.05, 4.69) is 54.9 Å². The molecule has 0 fully saturated rings. The van der Waals surface area contributed by atoms with Crippen LogP contribution >= 0.6 is 0 Å². The van der Waals surface area contributed by atoms with Gasteiger partial charge in [-0.2, -0.15) is 0 Å². The highest BCUT2D eigenvalue weighted by atomic mass is 15.1. The second-order valence-electron chi connectivity index (χ2n) is 4.82. The number of imidazole rings is 1. The van der Waals surface area contributed by atoms with Crippen LogP contribution in [0.2, 0.25) is 0 Å². The predicted octanol–water partition coefficient (Wildman–Crippen LogP) is 2.99. The number of hydrogen-bond donors (Lipinski definition) is 1. The van der Waals surface area contributed by atoms with Crippen LogP contribution in [0.15, 0.2) is 24.3 Å². The van der Waals surface area contributed by atoms with E-state index in [9.17, 15) is 0 Å². The molecule has 98 valence electrons. The van der Waals surface area contributed by atoms with Crippen LogP contribution in [0, 0.1) is 0 Å². The summed E-state index contributed by atoms with van der Waals surface area (Å²) in [5, 5.41) is 3.52. The lowest BCUT2D eigenvalue weighted by Gasteiger charge is -2.13. The monoisotopic (exact) mass is 245 g/mol. The van der Waals surface area contributed by atoms with Crippen molar-refractivity contribution in [3.63, 3.8) is 0 Å². The van der Waals surface area contributed by atoms with Crippen LogP contribution < -0.4 is 5.32 Å². The van der Waals surface area contributed by atoms with E-state index in [-0.39, 0.29) is 0 Å². The normalized spacial score (nSPS) is 13.1. The summed E-state index contributed by atoms with van der Waals surface area (Å²) in [4.78, 5) is 4.75. The minimum absolute atomic E-state index is 0.479. The lowest BCUT2D eigenvalue weighted by atomic mass is 10.2. The summed E-state index contributed by atoms with van der Waals surface area (Å²) in [6, 6.07) is 8.86. The molecule has 1 heterocycles. The summed E-state index contributed by atoms with van der Waals surface area (Å²) in [5.74, 6) is 1.19. The predicted molar refractivity (Wildman–Crippen MR) is 76.9 cm³/mol. The number of nitrogens with zero attached hydrogens (tertiary/aromatic N) is 2. The van der Waals surface area contributed by atoms with Gasteiger partial charge in [0.2, 0.25) is 0 Å². The zero-order chi connectivity index (χ0) is 13.0. The Morgan fingerprint density at radius 3 is 2.78 bits per heavy atom. The van der Waals surface area contributed by atoms with E-state index in [1.54, 1.807) is 0 Å². The van der Waals surface area contributed by atoms with Crippen molar-refractivity contribution in [1.29, 1.82) is 0 Å². The number of hydrogen-bond acceptors (Lipinski definition) is 2. The number of aryl methyl sites for hydroxylation is 1. The Labute approximate surface area is 109 Å². The van der Waals surface area contributed by atoms with Gasteiger partial charge in [0.15, 0.2) is 0 Å². The van der Waals surface area contributed by atoms with Crippen LogP contribution in [-0.2, 0) is 13.0 Å². The van der Waals surface area contributed by atoms with Crippen molar-refractivity contribution in [2.45, 2.75) is 46.2 Å². The molecule has 1 atom stereocenters. The quantitative estimate of drug-likeness (QED) is 0.848. The molecule has 2 rings (SSSR count). The van der Waals surface area contributed by atoms with Crippen LogP contribution in [0.3, 0.4) is 0 Å². The maximum atomic E-state index is 4.75. The Morgan fingerprint density at radius 2 is 2.06 bits per heavy atom. The summed E-state index contributed by atoms with van der Waals surface area (Å²) >= 11 is 0. The molecule has 0 spiro atoms. The maximum Gasteiger partial charge on any atom is 0.111 e. The largest absolute Gasteiger partial charge is 0.328 e. The first-order valence-corrected chi connectivity index (χ1v) is 6.93. The molecule has 1 N–H and O–H groups in total. The number of fused-ring (bicyclic) bond motifs is 1. The van der Waals surface area contributed by atoms with E-state index in [1.807, 2.05) is 0 Å². The molecule has 0 aliphatic heterocycles. The van der Waals surface area contributed by atoms with E-state index in [1.165, 1.54) is 17.8 Å². The average Bonchev–Trinajstić information content (AvgIpc) is 2.73. The first kappa shape index (κ1) is 13.1. The summed E-state index contributed by atoms with van der Waals surface area (Å²) in [5.41, 5.74) is 2.36. The topological polar surface area (TPSA) is 29.9 Å². The van der Waals surface area contributed by atoms with E-state index in [0.29, 0.717) is 6.04 Å². The fourth-order valence-electron chi connectivity index (χ4n) is 2.37. The standard InChI is InChI=1S/C15H23N3/c1-4-10-16-12(3)11-15-17-13-8-6-7-9-14(13)18(15)5-2/h6-9,12,16H,4-5,10-11H2,1-3H3. The molecular formula is C15H23N3. The minimum atomic E-state index is 0.479. The van der Waals surface area contributed by atoms with Crippen molar-refractivity contribution >= 4 is 11.0 Å². The molecule has 0 bridgehead atoms. The Bertz CT molecular complexity index is 501. The van der Waals surface area contributed by atoms with Gasteiger partial charge in [0.25, 0.3) is 0 Å². The summed E-state index contributed by atoms with van der Waals surface area (Å²) in [6.07, 6.45) is 2.16. The number of para-hydroxylation sites is 2. The second-order valence-corrected chi connectivity index (χ2v) is 4.82. The SMILES string of the molecule is CCCNC(C)Cc1nc2ccccc2n1CC.